The normalized spacial score (nSPS) is 15.8. The Morgan fingerprint density at radius 3 is 1.77 bits per heavy atom. The van der Waals surface area contributed by atoms with Crippen molar-refractivity contribution in [3.63, 3.8) is 0 Å². The van der Waals surface area contributed by atoms with Crippen LogP contribution in [0.15, 0.2) is 78.9 Å². The van der Waals surface area contributed by atoms with Crippen LogP contribution in [0.2, 0.25) is 0 Å². The smallest absolute Gasteiger partial charge is 0.255 e. The van der Waals surface area contributed by atoms with Gasteiger partial charge >= 0.3 is 0 Å². The lowest BCUT2D eigenvalue weighted by atomic mass is 10.1. The number of carbonyl (C=O) groups excluding carboxylic acids is 2. The first kappa shape index (κ1) is 20.7. The monoisotopic (exact) mass is 413 g/mol. The Morgan fingerprint density at radius 1 is 0.742 bits per heavy atom. The molecule has 1 aliphatic rings. The van der Waals surface area contributed by atoms with Crippen molar-refractivity contribution < 1.29 is 9.59 Å². The maximum absolute atomic E-state index is 13.4. The van der Waals surface area contributed by atoms with Crippen molar-refractivity contribution >= 4 is 17.5 Å². The Kier molecular flexibility index (Phi) is 5.76. The molecule has 31 heavy (non-hydrogen) atoms. The van der Waals surface area contributed by atoms with E-state index in [1.807, 2.05) is 105 Å². The largest absolute Gasteiger partial charge is 0.378 e. The first-order valence-corrected chi connectivity index (χ1v) is 10.5. The van der Waals surface area contributed by atoms with Gasteiger partial charge in [0.05, 0.1) is 0 Å². The Balaban J connectivity index is 1.71. The number of nitrogens with zero attached hydrogens (tertiary/aromatic N) is 3. The quantitative estimate of drug-likeness (QED) is 0.638. The van der Waals surface area contributed by atoms with Crippen LogP contribution >= 0.6 is 0 Å². The molecular weight excluding hydrogens is 386 g/mol. The van der Waals surface area contributed by atoms with Gasteiger partial charge in [-0.25, -0.2) is 0 Å². The highest BCUT2D eigenvalue weighted by Crippen LogP contribution is 2.33. The first-order valence-electron chi connectivity index (χ1n) is 10.5. The fourth-order valence-electron chi connectivity index (χ4n) is 3.97. The van der Waals surface area contributed by atoms with Crippen molar-refractivity contribution in [1.29, 1.82) is 0 Å². The standard InChI is InChI=1S/C26H27N3O2/c1-19-9-11-22(12-10-19)26(31)29-18-17-28(25(30)21-7-5-4-6-8-21)24(29)20-13-15-23(16-14-20)27(2)3/h4-16,24H,17-18H2,1-3H3/t24-/m0/s1. The summed E-state index contributed by atoms with van der Waals surface area (Å²) in [6, 6.07) is 24.9. The molecule has 1 fully saturated rings. The molecule has 0 bridgehead atoms. The van der Waals surface area contributed by atoms with E-state index < -0.39 is 6.17 Å². The number of aryl methyl sites for hydroxylation is 1. The number of amides is 2. The van der Waals surface area contributed by atoms with Crippen LogP contribution in [-0.4, -0.2) is 48.8 Å². The maximum atomic E-state index is 13.4. The summed E-state index contributed by atoms with van der Waals surface area (Å²) in [6.07, 6.45) is -0.447. The molecule has 0 N–H and O–H groups in total. The van der Waals surface area contributed by atoms with E-state index in [2.05, 4.69) is 0 Å². The van der Waals surface area contributed by atoms with Crippen molar-refractivity contribution in [3.8, 4) is 0 Å². The Morgan fingerprint density at radius 2 is 1.26 bits per heavy atom. The molecule has 3 aromatic carbocycles. The minimum Gasteiger partial charge on any atom is -0.378 e. The Hall–Kier alpha value is -3.60. The lowest BCUT2D eigenvalue weighted by Gasteiger charge is -2.31. The van der Waals surface area contributed by atoms with Crippen molar-refractivity contribution in [1.82, 2.24) is 9.80 Å². The first-order chi connectivity index (χ1) is 15.0. The number of carbonyl (C=O) groups is 2. The van der Waals surface area contributed by atoms with Crippen LogP contribution in [0.25, 0.3) is 0 Å². The highest BCUT2D eigenvalue weighted by atomic mass is 16.2. The number of hydrogen-bond donors (Lipinski definition) is 0. The number of hydrogen-bond acceptors (Lipinski definition) is 3. The summed E-state index contributed by atoms with van der Waals surface area (Å²) < 4.78 is 0. The Labute approximate surface area is 183 Å². The highest BCUT2D eigenvalue weighted by molar-refractivity contribution is 5.97. The summed E-state index contributed by atoms with van der Waals surface area (Å²) in [5.74, 6) is -0.133. The van der Waals surface area contributed by atoms with Gasteiger partial charge in [-0.2, -0.15) is 0 Å². The molecule has 0 aliphatic carbocycles. The molecule has 2 amide bonds. The van der Waals surface area contributed by atoms with Gasteiger partial charge in [-0.05, 0) is 48.9 Å². The minimum atomic E-state index is -0.447. The molecule has 0 saturated carbocycles. The zero-order valence-electron chi connectivity index (χ0n) is 18.2. The number of rotatable bonds is 4. The topological polar surface area (TPSA) is 43.9 Å². The van der Waals surface area contributed by atoms with Crippen molar-refractivity contribution in [2.24, 2.45) is 0 Å². The molecule has 1 aliphatic heterocycles. The van der Waals surface area contributed by atoms with E-state index in [0.717, 1.165) is 16.8 Å². The fourth-order valence-corrected chi connectivity index (χ4v) is 3.97. The van der Waals surface area contributed by atoms with Gasteiger partial charge in [-0.1, -0.05) is 48.0 Å². The molecule has 1 heterocycles. The highest BCUT2D eigenvalue weighted by Gasteiger charge is 2.39. The van der Waals surface area contributed by atoms with E-state index in [4.69, 9.17) is 0 Å². The van der Waals surface area contributed by atoms with Crippen LogP contribution < -0.4 is 4.90 Å². The van der Waals surface area contributed by atoms with Crippen LogP contribution in [0.5, 0.6) is 0 Å². The molecule has 3 aromatic rings. The summed E-state index contributed by atoms with van der Waals surface area (Å²) in [4.78, 5) is 32.4. The second-order valence-electron chi connectivity index (χ2n) is 8.09. The van der Waals surface area contributed by atoms with E-state index in [-0.39, 0.29) is 11.8 Å². The van der Waals surface area contributed by atoms with E-state index in [0.29, 0.717) is 24.2 Å². The number of anilines is 1. The van der Waals surface area contributed by atoms with Gasteiger partial charge in [-0.15, -0.1) is 0 Å². The minimum absolute atomic E-state index is 0.0648. The second-order valence-corrected chi connectivity index (χ2v) is 8.09. The average molecular weight is 414 g/mol. The van der Waals surface area contributed by atoms with Crippen LogP contribution in [-0.2, 0) is 0 Å². The number of benzene rings is 3. The van der Waals surface area contributed by atoms with E-state index in [1.165, 1.54) is 0 Å². The van der Waals surface area contributed by atoms with Crippen LogP contribution in [0.4, 0.5) is 5.69 Å². The molecule has 1 saturated heterocycles. The van der Waals surface area contributed by atoms with Crippen LogP contribution in [0.3, 0.4) is 0 Å². The predicted molar refractivity (Wildman–Crippen MR) is 123 cm³/mol. The van der Waals surface area contributed by atoms with Crippen molar-refractivity contribution in [2.75, 3.05) is 32.1 Å². The van der Waals surface area contributed by atoms with Crippen molar-refractivity contribution in [2.45, 2.75) is 13.1 Å². The van der Waals surface area contributed by atoms with Gasteiger partial charge in [-0.3, -0.25) is 9.59 Å². The molecule has 5 nitrogen and oxygen atoms in total. The molecule has 0 spiro atoms. The average Bonchev–Trinajstić information content (AvgIpc) is 3.24. The van der Waals surface area contributed by atoms with Gasteiger partial charge in [0.1, 0.15) is 6.17 Å². The summed E-state index contributed by atoms with van der Waals surface area (Å²) in [5.41, 5.74) is 4.36. The zero-order chi connectivity index (χ0) is 22.0. The van der Waals surface area contributed by atoms with Crippen LogP contribution in [0, 0.1) is 6.92 Å². The zero-order valence-corrected chi connectivity index (χ0v) is 18.2. The van der Waals surface area contributed by atoms with Gasteiger partial charge in [0.15, 0.2) is 0 Å². The lowest BCUT2D eigenvalue weighted by Crippen LogP contribution is -2.38. The van der Waals surface area contributed by atoms with Crippen LogP contribution in [0.1, 0.15) is 38.0 Å². The van der Waals surface area contributed by atoms with E-state index in [9.17, 15) is 9.59 Å². The van der Waals surface area contributed by atoms with E-state index in [1.54, 1.807) is 9.80 Å². The lowest BCUT2D eigenvalue weighted by molar-refractivity contribution is 0.0545. The fraction of sp³-hybridized carbons (Fsp3) is 0.231. The molecule has 0 aromatic heterocycles. The molecule has 0 radical (unpaired) electrons. The third-order valence-electron chi connectivity index (χ3n) is 5.72. The SMILES string of the molecule is Cc1ccc(C(=O)N2CCN(C(=O)c3ccccc3)[C@@H]2c2ccc(N(C)C)cc2)cc1. The summed E-state index contributed by atoms with van der Waals surface area (Å²) >= 11 is 0. The summed E-state index contributed by atoms with van der Waals surface area (Å²) in [5, 5.41) is 0. The molecule has 5 heteroatoms. The van der Waals surface area contributed by atoms with Gasteiger partial charge in [0.25, 0.3) is 11.8 Å². The molecular formula is C26H27N3O2. The van der Waals surface area contributed by atoms with Gasteiger partial charge in [0, 0.05) is 44.0 Å². The molecule has 4 rings (SSSR count). The van der Waals surface area contributed by atoms with Gasteiger partial charge < -0.3 is 14.7 Å². The third kappa shape index (κ3) is 4.17. The summed E-state index contributed by atoms with van der Waals surface area (Å²) in [6.45, 7) is 2.98. The second kappa shape index (κ2) is 8.64. The van der Waals surface area contributed by atoms with Gasteiger partial charge in [0.2, 0.25) is 0 Å². The van der Waals surface area contributed by atoms with Crippen molar-refractivity contribution in [3.05, 3.63) is 101 Å². The predicted octanol–water partition coefficient (Wildman–Crippen LogP) is 4.36. The maximum Gasteiger partial charge on any atom is 0.255 e. The van der Waals surface area contributed by atoms with E-state index >= 15 is 0 Å². The molecule has 158 valence electrons. The summed E-state index contributed by atoms with van der Waals surface area (Å²) in [7, 11) is 3.98. The Bertz CT molecular complexity index is 1060. The molecule has 0 unspecified atom stereocenters. The molecule has 1 atom stereocenters. The third-order valence-corrected chi connectivity index (χ3v) is 5.72.